The molecule has 102 valence electrons. The Balaban J connectivity index is 2.06. The summed E-state index contributed by atoms with van der Waals surface area (Å²) in [6.45, 7) is -0.0156. The number of carbonyl (C=O) groups excluding carboxylic acids is 1. The number of hydrogen-bond donors (Lipinski definition) is 1. The summed E-state index contributed by atoms with van der Waals surface area (Å²) in [5, 5.41) is 0. The van der Waals surface area contributed by atoms with Gasteiger partial charge in [0.2, 0.25) is 0 Å². The molecular formula is C13H11N3O3S. The highest BCUT2D eigenvalue weighted by molar-refractivity contribution is 7.90. The van der Waals surface area contributed by atoms with Crippen molar-refractivity contribution in [3.8, 4) is 0 Å². The summed E-state index contributed by atoms with van der Waals surface area (Å²) in [7, 11) is -3.83. The second kappa shape index (κ2) is 4.31. The molecule has 2 aromatic rings. The molecule has 0 fully saturated rings. The molecule has 20 heavy (non-hydrogen) atoms. The van der Waals surface area contributed by atoms with Gasteiger partial charge in [-0.2, -0.15) is 0 Å². The minimum Gasteiger partial charge on any atom is -0.399 e. The van der Waals surface area contributed by atoms with Crippen LogP contribution < -0.4 is 5.73 Å². The molecule has 1 aromatic heterocycles. The van der Waals surface area contributed by atoms with Gasteiger partial charge in [-0.1, -0.05) is 0 Å². The summed E-state index contributed by atoms with van der Waals surface area (Å²) in [5.41, 5.74) is 6.76. The minimum absolute atomic E-state index is 0.0156. The van der Waals surface area contributed by atoms with E-state index >= 15 is 0 Å². The number of carbonyl (C=O) groups is 1. The number of nitrogen functional groups attached to an aromatic ring is 1. The maximum atomic E-state index is 12.4. The van der Waals surface area contributed by atoms with Crippen LogP contribution >= 0.6 is 0 Å². The smallest absolute Gasteiger partial charge is 0.269 e. The van der Waals surface area contributed by atoms with Gasteiger partial charge < -0.3 is 5.73 Å². The van der Waals surface area contributed by atoms with Gasteiger partial charge in [0.05, 0.1) is 12.1 Å². The van der Waals surface area contributed by atoms with Crippen molar-refractivity contribution in [2.75, 3.05) is 5.73 Å². The van der Waals surface area contributed by atoms with Gasteiger partial charge in [-0.3, -0.25) is 9.78 Å². The zero-order chi connectivity index (χ0) is 14.3. The molecule has 0 bridgehead atoms. The van der Waals surface area contributed by atoms with Gasteiger partial charge in [-0.05, 0) is 35.9 Å². The number of fused-ring (bicyclic) bond motifs is 1. The first-order valence-electron chi connectivity index (χ1n) is 5.85. The van der Waals surface area contributed by atoms with Crippen molar-refractivity contribution in [3.63, 3.8) is 0 Å². The Bertz CT molecular complexity index is 788. The maximum Gasteiger partial charge on any atom is 0.269 e. The highest BCUT2D eigenvalue weighted by Gasteiger charge is 2.41. The van der Waals surface area contributed by atoms with E-state index in [9.17, 15) is 13.2 Å². The normalized spacial score (nSPS) is 16.2. The summed E-state index contributed by atoms with van der Waals surface area (Å²) < 4.78 is 25.6. The van der Waals surface area contributed by atoms with Crippen LogP contribution in [0.5, 0.6) is 0 Å². The molecular weight excluding hydrogens is 278 g/mol. The number of nitrogens with zero attached hydrogens (tertiary/aromatic N) is 2. The molecule has 7 heteroatoms. The van der Waals surface area contributed by atoms with Gasteiger partial charge in [-0.25, -0.2) is 12.7 Å². The Hall–Kier alpha value is -2.41. The molecule has 0 atom stereocenters. The van der Waals surface area contributed by atoms with Crippen molar-refractivity contribution in [1.82, 2.24) is 9.29 Å². The highest BCUT2D eigenvalue weighted by Crippen LogP contribution is 2.32. The van der Waals surface area contributed by atoms with Crippen LogP contribution in [-0.2, 0) is 16.6 Å². The number of nitrogens with two attached hydrogens (primary N) is 1. The summed E-state index contributed by atoms with van der Waals surface area (Å²) in [4.78, 5) is 16.0. The third kappa shape index (κ3) is 1.83. The predicted molar refractivity (Wildman–Crippen MR) is 72.2 cm³/mol. The molecule has 1 aliphatic rings. The molecule has 0 radical (unpaired) electrons. The molecule has 2 heterocycles. The lowest BCUT2D eigenvalue weighted by Gasteiger charge is -2.14. The lowest BCUT2D eigenvalue weighted by atomic mass is 10.2. The van der Waals surface area contributed by atoms with Crippen LogP contribution in [0.15, 0.2) is 47.6 Å². The van der Waals surface area contributed by atoms with Gasteiger partial charge in [0.1, 0.15) is 4.90 Å². The Morgan fingerprint density at radius 1 is 1.15 bits per heavy atom. The first-order valence-corrected chi connectivity index (χ1v) is 7.29. The van der Waals surface area contributed by atoms with E-state index in [-0.39, 0.29) is 17.0 Å². The van der Waals surface area contributed by atoms with Gasteiger partial charge in [0.25, 0.3) is 15.9 Å². The molecule has 0 saturated carbocycles. The first kappa shape index (κ1) is 12.6. The van der Waals surface area contributed by atoms with Gasteiger partial charge >= 0.3 is 0 Å². The molecule has 3 rings (SSSR count). The Kier molecular flexibility index (Phi) is 2.72. The minimum atomic E-state index is -3.83. The van der Waals surface area contributed by atoms with Crippen molar-refractivity contribution in [1.29, 1.82) is 0 Å². The number of pyridine rings is 1. The zero-order valence-electron chi connectivity index (χ0n) is 10.4. The second-order valence-corrected chi connectivity index (χ2v) is 6.26. The molecule has 0 spiro atoms. The summed E-state index contributed by atoms with van der Waals surface area (Å²) in [6.07, 6.45) is 3.10. The van der Waals surface area contributed by atoms with E-state index in [0.717, 1.165) is 4.31 Å². The van der Waals surface area contributed by atoms with Crippen molar-refractivity contribution in [2.24, 2.45) is 0 Å². The summed E-state index contributed by atoms with van der Waals surface area (Å²) >= 11 is 0. The van der Waals surface area contributed by atoms with Crippen LogP contribution in [0, 0.1) is 0 Å². The number of aromatic nitrogens is 1. The fraction of sp³-hybridized carbons (Fsp3) is 0.0769. The molecule has 1 aromatic carbocycles. The van der Waals surface area contributed by atoms with Crippen LogP contribution in [0.25, 0.3) is 0 Å². The quantitative estimate of drug-likeness (QED) is 0.833. The van der Waals surface area contributed by atoms with Crippen molar-refractivity contribution >= 4 is 21.6 Å². The van der Waals surface area contributed by atoms with Crippen LogP contribution in [0.2, 0.25) is 0 Å². The third-order valence-corrected chi connectivity index (χ3v) is 4.87. The summed E-state index contributed by atoms with van der Waals surface area (Å²) in [5.74, 6) is -0.531. The molecule has 2 N–H and O–H groups in total. The van der Waals surface area contributed by atoms with Crippen LogP contribution in [0.4, 0.5) is 5.69 Å². The van der Waals surface area contributed by atoms with E-state index in [4.69, 9.17) is 5.73 Å². The largest absolute Gasteiger partial charge is 0.399 e. The third-order valence-electron chi connectivity index (χ3n) is 3.11. The number of hydrogen-bond acceptors (Lipinski definition) is 5. The Morgan fingerprint density at radius 3 is 2.55 bits per heavy atom. The second-order valence-electron chi connectivity index (χ2n) is 4.43. The van der Waals surface area contributed by atoms with E-state index in [1.165, 1.54) is 18.2 Å². The van der Waals surface area contributed by atoms with Crippen LogP contribution in [0.3, 0.4) is 0 Å². The van der Waals surface area contributed by atoms with Crippen molar-refractivity contribution in [3.05, 3.63) is 53.9 Å². The standard InChI is InChI=1S/C13H11N3O3S/c14-10-1-2-11-12(7-10)20(18,19)16(13(11)17)8-9-3-5-15-6-4-9/h1-7H,8,14H2. The number of amides is 1. The summed E-state index contributed by atoms with van der Waals surface area (Å²) in [6, 6.07) is 7.61. The van der Waals surface area contributed by atoms with Gasteiger partial charge in [0.15, 0.2) is 0 Å². The average Bonchev–Trinajstić information content (AvgIpc) is 2.61. The number of rotatable bonds is 2. The van der Waals surface area contributed by atoms with E-state index in [1.807, 2.05) is 0 Å². The zero-order valence-corrected chi connectivity index (χ0v) is 11.2. The Morgan fingerprint density at radius 2 is 1.85 bits per heavy atom. The molecule has 1 aliphatic heterocycles. The first-order chi connectivity index (χ1) is 9.50. The van der Waals surface area contributed by atoms with E-state index in [1.54, 1.807) is 24.5 Å². The Labute approximate surface area is 115 Å². The monoisotopic (exact) mass is 289 g/mol. The molecule has 6 nitrogen and oxygen atoms in total. The van der Waals surface area contributed by atoms with Gasteiger partial charge in [-0.15, -0.1) is 0 Å². The average molecular weight is 289 g/mol. The number of sulfonamides is 1. The van der Waals surface area contributed by atoms with Gasteiger partial charge in [0, 0.05) is 18.1 Å². The lowest BCUT2D eigenvalue weighted by Crippen LogP contribution is -2.29. The number of benzene rings is 1. The molecule has 1 amide bonds. The molecule has 0 saturated heterocycles. The maximum absolute atomic E-state index is 12.4. The highest BCUT2D eigenvalue weighted by atomic mass is 32.2. The van der Waals surface area contributed by atoms with E-state index in [2.05, 4.69) is 4.98 Å². The number of anilines is 1. The van der Waals surface area contributed by atoms with Crippen molar-refractivity contribution < 1.29 is 13.2 Å². The topological polar surface area (TPSA) is 93.4 Å². The van der Waals surface area contributed by atoms with E-state index < -0.39 is 15.9 Å². The van der Waals surface area contributed by atoms with E-state index in [0.29, 0.717) is 11.3 Å². The fourth-order valence-electron chi connectivity index (χ4n) is 2.10. The van der Waals surface area contributed by atoms with Crippen LogP contribution in [0.1, 0.15) is 15.9 Å². The fourth-order valence-corrected chi connectivity index (χ4v) is 3.69. The lowest BCUT2D eigenvalue weighted by molar-refractivity contribution is 0.0865. The molecule has 0 aliphatic carbocycles. The van der Waals surface area contributed by atoms with Crippen LogP contribution in [-0.4, -0.2) is 23.6 Å². The van der Waals surface area contributed by atoms with Crippen molar-refractivity contribution in [2.45, 2.75) is 11.4 Å². The SMILES string of the molecule is Nc1ccc2c(c1)S(=O)(=O)N(Cc1ccncc1)C2=O. The predicted octanol–water partition coefficient (Wildman–Crippen LogP) is 1.01. The molecule has 0 unspecified atom stereocenters.